The molecular weight excluding hydrogens is 432 g/mol. The van der Waals surface area contributed by atoms with E-state index < -0.39 is 0 Å². The molecule has 2 aromatic carbocycles. The maximum atomic E-state index is 13.1. The highest BCUT2D eigenvalue weighted by Crippen LogP contribution is 2.23. The molecule has 1 aromatic heterocycles. The Balaban J connectivity index is 1.34. The number of ether oxygens (including phenoxy) is 1. The third-order valence-electron chi connectivity index (χ3n) is 5.33. The maximum absolute atomic E-state index is 13.1. The van der Waals surface area contributed by atoms with E-state index in [9.17, 15) is 9.59 Å². The number of likely N-dealkylation sites (tertiary alicyclic amines) is 1. The van der Waals surface area contributed by atoms with E-state index in [1.807, 2.05) is 64.2 Å². The van der Waals surface area contributed by atoms with Crippen molar-refractivity contribution >= 4 is 34.8 Å². The summed E-state index contributed by atoms with van der Waals surface area (Å²) in [5.41, 5.74) is 2.22. The fraction of sp³-hybridized carbons (Fsp3) is 0.250. The number of piperidine rings is 1. The monoisotopic (exact) mass is 454 g/mol. The van der Waals surface area contributed by atoms with Crippen molar-refractivity contribution in [2.75, 3.05) is 13.1 Å². The molecule has 5 nitrogen and oxygen atoms in total. The molecule has 1 aliphatic heterocycles. The molecule has 0 spiro atoms. The number of benzene rings is 2. The third-order valence-corrected chi connectivity index (χ3v) is 6.26. The number of carbonyl (C=O) groups excluding carboxylic acids is 2. The standard InChI is InChI=1S/C24H23ClN2O3S/c25-19-7-5-17(6-8-19)15-30-22-4-2-1-3-21(22)24(29)27-12-9-20(10-13-27)26-23(28)18-11-14-31-16-18/h1-8,11,14,16,20H,9-10,12-13,15H2,(H,26,28). The highest BCUT2D eigenvalue weighted by molar-refractivity contribution is 7.08. The summed E-state index contributed by atoms with van der Waals surface area (Å²) >= 11 is 7.44. The molecule has 0 bridgehead atoms. The van der Waals surface area contributed by atoms with Gasteiger partial charge in [-0.15, -0.1) is 0 Å². The molecule has 0 radical (unpaired) electrons. The quantitative estimate of drug-likeness (QED) is 0.569. The van der Waals surface area contributed by atoms with Crippen LogP contribution in [0, 0.1) is 0 Å². The fourth-order valence-electron chi connectivity index (χ4n) is 3.57. The van der Waals surface area contributed by atoms with Crippen molar-refractivity contribution < 1.29 is 14.3 Å². The van der Waals surface area contributed by atoms with Crippen LogP contribution in [0.15, 0.2) is 65.4 Å². The average Bonchev–Trinajstić information content (AvgIpc) is 3.34. The summed E-state index contributed by atoms with van der Waals surface area (Å²) < 4.78 is 5.94. The van der Waals surface area contributed by atoms with Gasteiger partial charge >= 0.3 is 0 Å². The Morgan fingerprint density at radius 3 is 2.52 bits per heavy atom. The van der Waals surface area contributed by atoms with Gasteiger partial charge in [0.05, 0.1) is 5.56 Å². The minimum atomic E-state index is -0.0491. The molecule has 0 saturated carbocycles. The lowest BCUT2D eigenvalue weighted by atomic mass is 10.0. The molecule has 160 valence electrons. The van der Waals surface area contributed by atoms with E-state index in [2.05, 4.69) is 5.32 Å². The summed E-state index contributed by atoms with van der Waals surface area (Å²) in [6, 6.07) is 16.7. The van der Waals surface area contributed by atoms with Crippen LogP contribution < -0.4 is 10.1 Å². The summed E-state index contributed by atoms with van der Waals surface area (Å²) in [5.74, 6) is 0.469. The summed E-state index contributed by atoms with van der Waals surface area (Å²) in [6.07, 6.45) is 1.46. The number of hydrogen-bond donors (Lipinski definition) is 1. The smallest absolute Gasteiger partial charge is 0.257 e. The van der Waals surface area contributed by atoms with Crippen molar-refractivity contribution in [1.29, 1.82) is 0 Å². The molecule has 2 heterocycles. The average molecular weight is 455 g/mol. The van der Waals surface area contributed by atoms with Gasteiger partial charge in [-0.1, -0.05) is 35.9 Å². The SMILES string of the molecule is O=C(NC1CCN(C(=O)c2ccccc2OCc2ccc(Cl)cc2)CC1)c1ccsc1. The Morgan fingerprint density at radius 1 is 1.06 bits per heavy atom. The van der Waals surface area contributed by atoms with Crippen molar-refractivity contribution in [3.63, 3.8) is 0 Å². The summed E-state index contributed by atoms with van der Waals surface area (Å²) in [7, 11) is 0. The van der Waals surface area contributed by atoms with Crippen LogP contribution in [-0.2, 0) is 6.61 Å². The Labute approximate surface area is 190 Å². The van der Waals surface area contributed by atoms with Gasteiger partial charge in [0.1, 0.15) is 12.4 Å². The van der Waals surface area contributed by atoms with Crippen molar-refractivity contribution in [2.24, 2.45) is 0 Å². The first-order valence-electron chi connectivity index (χ1n) is 10.2. The van der Waals surface area contributed by atoms with Gasteiger partial charge in [-0.25, -0.2) is 0 Å². The molecule has 0 unspecified atom stereocenters. The lowest BCUT2D eigenvalue weighted by Gasteiger charge is -2.32. The van der Waals surface area contributed by atoms with Crippen LogP contribution in [-0.4, -0.2) is 35.8 Å². The predicted octanol–water partition coefficient (Wildman–Crippen LogP) is 5.02. The Hall–Kier alpha value is -2.83. The largest absolute Gasteiger partial charge is 0.488 e. The molecule has 31 heavy (non-hydrogen) atoms. The third kappa shape index (κ3) is 5.46. The molecule has 4 rings (SSSR count). The normalized spacial score (nSPS) is 14.3. The number of carbonyl (C=O) groups is 2. The predicted molar refractivity (Wildman–Crippen MR) is 123 cm³/mol. The molecule has 2 amide bonds. The van der Waals surface area contributed by atoms with E-state index in [4.69, 9.17) is 16.3 Å². The molecule has 1 N–H and O–H groups in total. The van der Waals surface area contributed by atoms with Crippen LogP contribution in [0.1, 0.15) is 39.1 Å². The first-order chi connectivity index (χ1) is 15.1. The molecule has 1 fully saturated rings. The van der Waals surface area contributed by atoms with E-state index in [1.54, 1.807) is 6.07 Å². The van der Waals surface area contributed by atoms with Gasteiger partial charge in [-0.2, -0.15) is 11.3 Å². The first-order valence-corrected chi connectivity index (χ1v) is 11.5. The molecule has 0 aliphatic carbocycles. The Kier molecular flexibility index (Phi) is 6.89. The second kappa shape index (κ2) is 9.98. The molecule has 1 aliphatic rings. The Morgan fingerprint density at radius 2 is 1.81 bits per heavy atom. The maximum Gasteiger partial charge on any atom is 0.257 e. The number of amides is 2. The lowest BCUT2D eigenvalue weighted by molar-refractivity contribution is 0.0693. The van der Waals surface area contributed by atoms with Gasteiger partial charge in [-0.05, 0) is 54.1 Å². The zero-order valence-corrected chi connectivity index (χ0v) is 18.5. The van der Waals surface area contributed by atoms with E-state index in [1.165, 1.54) is 11.3 Å². The topological polar surface area (TPSA) is 58.6 Å². The summed E-state index contributed by atoms with van der Waals surface area (Å²) in [4.78, 5) is 27.2. The van der Waals surface area contributed by atoms with Gasteiger partial charge in [0.15, 0.2) is 0 Å². The number of thiophene rings is 1. The van der Waals surface area contributed by atoms with Gasteiger partial charge < -0.3 is 15.0 Å². The van der Waals surface area contributed by atoms with Gasteiger partial charge in [0.25, 0.3) is 11.8 Å². The molecule has 0 atom stereocenters. The van der Waals surface area contributed by atoms with E-state index in [0.717, 1.165) is 18.4 Å². The zero-order chi connectivity index (χ0) is 21.6. The van der Waals surface area contributed by atoms with Crippen molar-refractivity contribution in [1.82, 2.24) is 10.2 Å². The zero-order valence-electron chi connectivity index (χ0n) is 16.9. The van der Waals surface area contributed by atoms with E-state index in [0.29, 0.717) is 41.6 Å². The molecule has 7 heteroatoms. The Bertz CT molecular complexity index is 1030. The number of para-hydroxylation sites is 1. The van der Waals surface area contributed by atoms with Crippen LogP contribution >= 0.6 is 22.9 Å². The second-order valence-electron chi connectivity index (χ2n) is 7.46. The number of rotatable bonds is 6. The molecule has 3 aromatic rings. The van der Waals surface area contributed by atoms with E-state index >= 15 is 0 Å². The van der Waals surface area contributed by atoms with E-state index in [-0.39, 0.29) is 17.9 Å². The summed E-state index contributed by atoms with van der Waals surface area (Å²) in [5, 5.41) is 7.48. The highest BCUT2D eigenvalue weighted by Gasteiger charge is 2.26. The highest BCUT2D eigenvalue weighted by atomic mass is 35.5. The van der Waals surface area contributed by atoms with Crippen LogP contribution in [0.25, 0.3) is 0 Å². The number of hydrogen-bond acceptors (Lipinski definition) is 4. The van der Waals surface area contributed by atoms with Crippen LogP contribution in [0.4, 0.5) is 0 Å². The second-order valence-corrected chi connectivity index (χ2v) is 8.68. The van der Waals surface area contributed by atoms with Crippen LogP contribution in [0.3, 0.4) is 0 Å². The lowest BCUT2D eigenvalue weighted by Crippen LogP contribution is -2.46. The van der Waals surface area contributed by atoms with Gasteiger partial charge in [0, 0.05) is 35.1 Å². The van der Waals surface area contributed by atoms with Crippen LogP contribution in [0.5, 0.6) is 5.75 Å². The number of halogens is 1. The summed E-state index contributed by atoms with van der Waals surface area (Å²) in [6.45, 7) is 1.55. The minimum Gasteiger partial charge on any atom is -0.488 e. The van der Waals surface area contributed by atoms with Crippen molar-refractivity contribution in [2.45, 2.75) is 25.5 Å². The number of nitrogens with one attached hydrogen (secondary N) is 1. The van der Waals surface area contributed by atoms with Gasteiger partial charge in [0.2, 0.25) is 0 Å². The first kappa shape index (κ1) is 21.4. The van der Waals surface area contributed by atoms with Crippen molar-refractivity contribution in [3.8, 4) is 5.75 Å². The van der Waals surface area contributed by atoms with Crippen LogP contribution in [0.2, 0.25) is 5.02 Å². The fourth-order valence-corrected chi connectivity index (χ4v) is 4.33. The minimum absolute atomic E-state index is 0.0469. The molecule has 1 saturated heterocycles. The number of nitrogens with zero attached hydrogens (tertiary/aromatic N) is 1. The van der Waals surface area contributed by atoms with Crippen molar-refractivity contribution in [3.05, 3.63) is 87.1 Å². The molecular formula is C24H23ClN2O3S. The van der Waals surface area contributed by atoms with Gasteiger partial charge in [-0.3, -0.25) is 9.59 Å².